The summed E-state index contributed by atoms with van der Waals surface area (Å²) in [5, 5.41) is 16.3. The van der Waals surface area contributed by atoms with Gasteiger partial charge in [0.25, 0.3) is 0 Å². The Morgan fingerprint density at radius 3 is 2.81 bits per heavy atom. The minimum Gasteiger partial charge on any atom is -0.476 e. The van der Waals surface area contributed by atoms with E-state index in [2.05, 4.69) is 31.5 Å². The van der Waals surface area contributed by atoms with Crippen LogP contribution in [0.15, 0.2) is 21.3 Å². The maximum atomic E-state index is 11.8. The van der Waals surface area contributed by atoms with Gasteiger partial charge in [0.05, 0.1) is 16.4 Å². The number of hydrogen-bond donors (Lipinski definition) is 3. The van der Waals surface area contributed by atoms with Crippen LogP contribution in [0.2, 0.25) is 0 Å². The largest absolute Gasteiger partial charge is 0.476 e. The number of urea groups is 1. The molecule has 9 heteroatoms. The maximum absolute atomic E-state index is 11.8. The second-order valence-corrected chi connectivity index (χ2v) is 7.57. The highest BCUT2D eigenvalue weighted by Crippen LogP contribution is 2.22. The van der Waals surface area contributed by atoms with Gasteiger partial charge in [-0.2, -0.15) is 0 Å². The Kier molecular flexibility index (Phi) is 5.32. The smallest absolute Gasteiger partial charge is 0.355 e. The predicted molar refractivity (Wildman–Crippen MR) is 84.9 cm³/mol. The number of thiophene rings is 1. The van der Waals surface area contributed by atoms with Crippen LogP contribution >= 0.6 is 38.6 Å². The fraction of sp³-hybridized carbons (Fsp3) is 0.250. The molecule has 0 aliphatic heterocycles. The van der Waals surface area contributed by atoms with Crippen molar-refractivity contribution < 1.29 is 14.7 Å². The highest BCUT2D eigenvalue weighted by atomic mass is 79.9. The first-order valence-corrected chi connectivity index (χ1v) is 8.42. The summed E-state index contributed by atoms with van der Waals surface area (Å²) in [6.07, 6.45) is 0. The third-order valence-corrected chi connectivity index (χ3v) is 5.16. The lowest BCUT2D eigenvalue weighted by molar-refractivity contribution is 0.0691. The van der Waals surface area contributed by atoms with Gasteiger partial charge in [-0.25, -0.2) is 14.6 Å². The van der Waals surface area contributed by atoms with E-state index < -0.39 is 5.97 Å². The number of amides is 2. The number of carboxylic acid groups (broad SMARTS) is 1. The molecule has 0 aromatic carbocycles. The molecule has 2 rings (SSSR count). The Morgan fingerprint density at radius 2 is 2.24 bits per heavy atom. The van der Waals surface area contributed by atoms with Gasteiger partial charge in [0, 0.05) is 10.3 Å². The lowest BCUT2D eigenvalue weighted by Gasteiger charge is -2.11. The molecule has 2 heterocycles. The molecular weight excluding hydrogens is 378 g/mol. The van der Waals surface area contributed by atoms with Gasteiger partial charge in [0.15, 0.2) is 5.69 Å². The molecule has 112 valence electrons. The van der Waals surface area contributed by atoms with Gasteiger partial charge in [-0.1, -0.05) is 0 Å². The van der Waals surface area contributed by atoms with Crippen LogP contribution in [0.4, 0.5) is 4.79 Å². The number of carbonyl (C=O) groups excluding carboxylic acids is 1. The minimum atomic E-state index is -1.07. The molecule has 2 aromatic heterocycles. The first kappa shape index (κ1) is 15.9. The van der Waals surface area contributed by atoms with Crippen molar-refractivity contribution in [3.05, 3.63) is 36.9 Å². The van der Waals surface area contributed by atoms with E-state index in [0.29, 0.717) is 11.6 Å². The zero-order valence-electron chi connectivity index (χ0n) is 10.9. The fourth-order valence-corrected chi connectivity index (χ4v) is 3.73. The van der Waals surface area contributed by atoms with Gasteiger partial charge in [-0.05, 0) is 35.0 Å². The van der Waals surface area contributed by atoms with Crippen LogP contribution in [0.5, 0.6) is 0 Å². The molecule has 0 aliphatic carbocycles. The third kappa shape index (κ3) is 4.51. The van der Waals surface area contributed by atoms with Crippen LogP contribution in [0.25, 0.3) is 0 Å². The summed E-state index contributed by atoms with van der Waals surface area (Å²) in [5.74, 6) is -1.07. The SMILES string of the molecule is CC(NC(=O)NCc1ccc(Br)s1)c1nc(C(=O)O)cs1. The average molecular weight is 390 g/mol. The molecule has 0 radical (unpaired) electrons. The molecule has 2 aromatic rings. The van der Waals surface area contributed by atoms with Crippen LogP contribution in [-0.2, 0) is 6.54 Å². The molecule has 0 saturated carbocycles. The maximum Gasteiger partial charge on any atom is 0.355 e. The van der Waals surface area contributed by atoms with Crippen LogP contribution in [-0.4, -0.2) is 22.1 Å². The lowest BCUT2D eigenvalue weighted by Crippen LogP contribution is -2.36. The van der Waals surface area contributed by atoms with Crippen LogP contribution in [0.3, 0.4) is 0 Å². The van der Waals surface area contributed by atoms with E-state index in [4.69, 9.17) is 5.11 Å². The highest BCUT2D eigenvalue weighted by Gasteiger charge is 2.15. The second-order valence-electron chi connectivity index (χ2n) is 4.13. The lowest BCUT2D eigenvalue weighted by atomic mass is 10.3. The first-order valence-electron chi connectivity index (χ1n) is 5.93. The summed E-state index contributed by atoms with van der Waals surface area (Å²) >= 11 is 6.12. The minimum absolute atomic E-state index is 0.00695. The summed E-state index contributed by atoms with van der Waals surface area (Å²) in [7, 11) is 0. The zero-order chi connectivity index (χ0) is 15.4. The zero-order valence-corrected chi connectivity index (χ0v) is 14.1. The van der Waals surface area contributed by atoms with Crippen molar-refractivity contribution >= 4 is 50.6 Å². The fourth-order valence-electron chi connectivity index (χ4n) is 1.51. The average Bonchev–Trinajstić information content (AvgIpc) is 3.05. The van der Waals surface area contributed by atoms with Gasteiger partial charge >= 0.3 is 12.0 Å². The molecule has 1 unspecified atom stereocenters. The highest BCUT2D eigenvalue weighted by molar-refractivity contribution is 9.11. The molecule has 3 N–H and O–H groups in total. The number of thiazole rings is 1. The molecule has 21 heavy (non-hydrogen) atoms. The van der Waals surface area contributed by atoms with Gasteiger partial charge in [0.2, 0.25) is 0 Å². The quantitative estimate of drug-likeness (QED) is 0.731. The third-order valence-electron chi connectivity index (χ3n) is 2.51. The van der Waals surface area contributed by atoms with E-state index in [1.807, 2.05) is 12.1 Å². The van der Waals surface area contributed by atoms with E-state index in [9.17, 15) is 9.59 Å². The molecule has 0 spiro atoms. The normalized spacial score (nSPS) is 11.9. The second kappa shape index (κ2) is 7.01. The number of nitrogens with one attached hydrogen (secondary N) is 2. The van der Waals surface area contributed by atoms with E-state index in [1.54, 1.807) is 18.3 Å². The van der Waals surface area contributed by atoms with Gasteiger partial charge in [-0.15, -0.1) is 22.7 Å². The first-order chi connectivity index (χ1) is 9.95. The number of halogens is 1. The molecule has 0 bridgehead atoms. The van der Waals surface area contributed by atoms with Crippen molar-refractivity contribution in [2.75, 3.05) is 0 Å². The Labute approximate surface area is 137 Å². The summed E-state index contributed by atoms with van der Waals surface area (Å²) < 4.78 is 1.01. The molecular formula is C12H12BrN3O3S2. The van der Waals surface area contributed by atoms with Crippen molar-refractivity contribution in [1.29, 1.82) is 0 Å². The van der Waals surface area contributed by atoms with E-state index in [1.165, 1.54) is 16.7 Å². The summed E-state index contributed by atoms with van der Waals surface area (Å²) in [5.41, 5.74) is -0.00695. The number of aromatic carboxylic acids is 1. The topological polar surface area (TPSA) is 91.3 Å². The molecule has 2 amide bonds. The number of carboxylic acids is 1. The number of hydrogen-bond acceptors (Lipinski definition) is 5. The Morgan fingerprint density at radius 1 is 1.48 bits per heavy atom. The number of aromatic nitrogens is 1. The number of carbonyl (C=O) groups is 2. The molecule has 1 atom stereocenters. The van der Waals surface area contributed by atoms with Crippen molar-refractivity contribution in [1.82, 2.24) is 15.6 Å². The summed E-state index contributed by atoms with van der Waals surface area (Å²) in [6, 6.07) is 3.18. The van der Waals surface area contributed by atoms with Gasteiger partial charge in [0.1, 0.15) is 5.01 Å². The summed E-state index contributed by atoms with van der Waals surface area (Å²) in [6.45, 7) is 2.19. The van der Waals surface area contributed by atoms with Crippen LogP contribution in [0, 0.1) is 0 Å². The molecule has 0 fully saturated rings. The summed E-state index contributed by atoms with van der Waals surface area (Å²) in [4.78, 5) is 27.5. The Bertz CT molecular complexity index is 656. The Hall–Kier alpha value is -1.45. The van der Waals surface area contributed by atoms with Crippen molar-refractivity contribution in [3.8, 4) is 0 Å². The van der Waals surface area contributed by atoms with E-state index in [0.717, 1.165) is 8.66 Å². The van der Waals surface area contributed by atoms with E-state index in [-0.39, 0.29) is 17.8 Å². The Balaban J connectivity index is 1.85. The van der Waals surface area contributed by atoms with Crippen molar-refractivity contribution in [2.24, 2.45) is 0 Å². The van der Waals surface area contributed by atoms with E-state index >= 15 is 0 Å². The number of nitrogens with zero attached hydrogens (tertiary/aromatic N) is 1. The van der Waals surface area contributed by atoms with Gasteiger partial charge in [-0.3, -0.25) is 0 Å². The van der Waals surface area contributed by atoms with Gasteiger partial charge < -0.3 is 15.7 Å². The standard InChI is InChI=1S/C12H12BrN3O3S2/c1-6(10-16-8(5-20-10)11(17)18)15-12(19)14-4-7-2-3-9(13)21-7/h2-3,5-6H,4H2,1H3,(H,17,18)(H2,14,15,19). The monoisotopic (exact) mass is 389 g/mol. The number of rotatable bonds is 5. The van der Waals surface area contributed by atoms with Crippen molar-refractivity contribution in [2.45, 2.75) is 19.5 Å². The van der Waals surface area contributed by atoms with Crippen LogP contribution in [0.1, 0.15) is 33.3 Å². The molecule has 0 aliphatic rings. The van der Waals surface area contributed by atoms with Crippen LogP contribution < -0.4 is 10.6 Å². The molecule has 6 nitrogen and oxygen atoms in total. The molecule has 0 saturated heterocycles. The predicted octanol–water partition coefficient (Wildman–Crippen LogP) is 3.23. The van der Waals surface area contributed by atoms with Crippen molar-refractivity contribution in [3.63, 3.8) is 0 Å².